The minimum absolute atomic E-state index is 0.420. The number of carboxylic acid groups (broad SMARTS) is 1. The van der Waals surface area contributed by atoms with Gasteiger partial charge in [-0.15, -0.1) is 0 Å². The van der Waals surface area contributed by atoms with Gasteiger partial charge in [0.1, 0.15) is 6.04 Å². The van der Waals surface area contributed by atoms with Crippen LogP contribution in [0.2, 0.25) is 0 Å². The Hall–Kier alpha value is -1.88. The number of aliphatic carboxylic acids is 1. The van der Waals surface area contributed by atoms with Gasteiger partial charge < -0.3 is 15.2 Å². The van der Waals surface area contributed by atoms with E-state index in [0.717, 1.165) is 25.7 Å². The monoisotopic (exact) mass is 307 g/mol. The van der Waals surface area contributed by atoms with Crippen molar-refractivity contribution in [3.05, 3.63) is 35.9 Å². The molecule has 0 aliphatic heterocycles. The average Bonchev–Trinajstić information content (AvgIpc) is 2.52. The maximum atomic E-state index is 12.3. The van der Waals surface area contributed by atoms with Crippen LogP contribution in [0.25, 0.3) is 0 Å². The molecule has 0 bridgehead atoms. The summed E-state index contributed by atoms with van der Waals surface area (Å²) in [6.07, 6.45) is 3.57. The Bertz CT molecular complexity index is 461. The highest BCUT2D eigenvalue weighted by Crippen LogP contribution is 2.17. The van der Waals surface area contributed by atoms with Crippen LogP contribution >= 0.6 is 0 Å². The molecule has 0 aliphatic carbocycles. The van der Waals surface area contributed by atoms with E-state index in [1.54, 1.807) is 12.1 Å². The number of nitrogens with one attached hydrogen (secondary N) is 1. The van der Waals surface area contributed by atoms with Crippen molar-refractivity contribution in [2.24, 2.45) is 0 Å². The van der Waals surface area contributed by atoms with Gasteiger partial charge in [0.25, 0.3) is 5.91 Å². The molecule has 122 valence electrons. The highest BCUT2D eigenvalue weighted by molar-refractivity contribution is 5.87. The summed E-state index contributed by atoms with van der Waals surface area (Å²) in [6, 6.07) is 8.17. The summed E-state index contributed by atoms with van der Waals surface area (Å²) in [5.74, 6) is -1.43. The molecule has 5 heteroatoms. The number of benzene rings is 1. The van der Waals surface area contributed by atoms with Crippen molar-refractivity contribution in [3.8, 4) is 0 Å². The minimum Gasteiger partial charge on any atom is -0.480 e. The molecule has 0 saturated carbocycles. The van der Waals surface area contributed by atoms with E-state index in [1.807, 2.05) is 18.2 Å². The number of unbranched alkanes of at least 4 members (excludes halogenated alkanes) is 3. The Labute approximate surface area is 131 Å². The first-order chi connectivity index (χ1) is 10.6. The Balaban J connectivity index is 2.63. The Kier molecular flexibility index (Phi) is 8.22. The molecule has 1 amide bonds. The smallest absolute Gasteiger partial charge is 0.326 e. The third kappa shape index (κ3) is 5.85. The lowest BCUT2D eigenvalue weighted by molar-refractivity contribution is -0.144. The molecule has 0 spiro atoms. The second-order valence-electron chi connectivity index (χ2n) is 5.28. The number of carbonyl (C=O) groups is 2. The van der Waals surface area contributed by atoms with Crippen molar-refractivity contribution >= 4 is 11.9 Å². The predicted octanol–water partition coefficient (Wildman–Crippen LogP) is 2.91. The van der Waals surface area contributed by atoms with Crippen LogP contribution in [0.4, 0.5) is 0 Å². The van der Waals surface area contributed by atoms with Crippen LogP contribution in [-0.4, -0.2) is 30.1 Å². The summed E-state index contributed by atoms with van der Waals surface area (Å²) in [5, 5.41) is 11.8. The van der Waals surface area contributed by atoms with E-state index in [1.165, 1.54) is 7.11 Å². The van der Waals surface area contributed by atoms with E-state index < -0.39 is 24.0 Å². The first kappa shape index (κ1) is 18.2. The first-order valence-electron chi connectivity index (χ1n) is 7.71. The first-order valence-corrected chi connectivity index (χ1v) is 7.71. The van der Waals surface area contributed by atoms with Gasteiger partial charge in [-0.25, -0.2) is 4.79 Å². The van der Waals surface area contributed by atoms with Gasteiger partial charge in [0.15, 0.2) is 6.10 Å². The maximum Gasteiger partial charge on any atom is 0.326 e. The highest BCUT2D eigenvalue weighted by atomic mass is 16.5. The summed E-state index contributed by atoms with van der Waals surface area (Å²) in [4.78, 5) is 23.6. The number of amides is 1. The normalized spacial score (nSPS) is 13.4. The van der Waals surface area contributed by atoms with E-state index in [-0.39, 0.29) is 0 Å². The molecule has 1 aromatic rings. The van der Waals surface area contributed by atoms with Crippen LogP contribution in [0.3, 0.4) is 0 Å². The van der Waals surface area contributed by atoms with Gasteiger partial charge in [-0.3, -0.25) is 4.79 Å². The van der Waals surface area contributed by atoms with Gasteiger partial charge in [0.2, 0.25) is 0 Å². The standard InChI is InChI=1S/C17H25NO4/c1-3-4-5-9-12-14(17(20)21)18-16(19)15(22-2)13-10-7-6-8-11-13/h6-8,10-11,14-15H,3-5,9,12H2,1-2H3,(H,18,19)(H,20,21)/t14-,15-/m0/s1. The number of carbonyl (C=O) groups excluding carboxylic acids is 1. The Morgan fingerprint density at radius 1 is 1.18 bits per heavy atom. The SMILES string of the molecule is CCCCCC[C@H](NC(=O)[C@@H](OC)c1ccccc1)C(=O)O. The molecule has 0 heterocycles. The van der Waals surface area contributed by atoms with Crippen molar-refractivity contribution < 1.29 is 19.4 Å². The number of ether oxygens (including phenoxy) is 1. The quantitative estimate of drug-likeness (QED) is 0.652. The van der Waals surface area contributed by atoms with Crippen LogP contribution in [0, 0.1) is 0 Å². The fraction of sp³-hybridized carbons (Fsp3) is 0.529. The van der Waals surface area contributed by atoms with E-state index in [4.69, 9.17) is 4.74 Å². The molecule has 1 aromatic carbocycles. The lowest BCUT2D eigenvalue weighted by Gasteiger charge is -2.19. The van der Waals surface area contributed by atoms with Gasteiger partial charge in [0.05, 0.1) is 0 Å². The van der Waals surface area contributed by atoms with Gasteiger partial charge in [-0.2, -0.15) is 0 Å². The number of carboxylic acids is 1. The largest absolute Gasteiger partial charge is 0.480 e. The van der Waals surface area contributed by atoms with E-state index in [0.29, 0.717) is 12.0 Å². The molecule has 5 nitrogen and oxygen atoms in total. The van der Waals surface area contributed by atoms with Crippen molar-refractivity contribution in [2.45, 2.75) is 51.2 Å². The van der Waals surface area contributed by atoms with Gasteiger partial charge in [0, 0.05) is 7.11 Å². The zero-order valence-electron chi connectivity index (χ0n) is 13.2. The van der Waals surface area contributed by atoms with Crippen molar-refractivity contribution in [3.63, 3.8) is 0 Å². The summed E-state index contributed by atoms with van der Waals surface area (Å²) in [6.45, 7) is 2.10. The third-order valence-electron chi connectivity index (χ3n) is 3.54. The second-order valence-corrected chi connectivity index (χ2v) is 5.28. The number of methoxy groups -OCH3 is 1. The fourth-order valence-electron chi connectivity index (χ4n) is 2.30. The van der Waals surface area contributed by atoms with E-state index in [9.17, 15) is 14.7 Å². The third-order valence-corrected chi connectivity index (χ3v) is 3.54. The lowest BCUT2D eigenvalue weighted by Crippen LogP contribution is -2.43. The Morgan fingerprint density at radius 3 is 2.41 bits per heavy atom. The van der Waals surface area contributed by atoms with Crippen LogP contribution in [0.1, 0.15) is 50.7 Å². The van der Waals surface area contributed by atoms with Crippen molar-refractivity contribution in [1.82, 2.24) is 5.32 Å². The van der Waals surface area contributed by atoms with Crippen LogP contribution in [0.15, 0.2) is 30.3 Å². The summed E-state index contributed by atoms with van der Waals surface area (Å²) in [7, 11) is 1.44. The molecule has 0 unspecified atom stereocenters. The topological polar surface area (TPSA) is 75.6 Å². The average molecular weight is 307 g/mol. The fourth-order valence-corrected chi connectivity index (χ4v) is 2.30. The van der Waals surface area contributed by atoms with Crippen LogP contribution < -0.4 is 5.32 Å². The molecule has 1 rings (SSSR count). The van der Waals surface area contributed by atoms with Crippen molar-refractivity contribution in [2.75, 3.05) is 7.11 Å². The van der Waals surface area contributed by atoms with E-state index >= 15 is 0 Å². The summed E-state index contributed by atoms with van der Waals surface area (Å²) in [5.41, 5.74) is 0.706. The number of hydrogen-bond donors (Lipinski definition) is 2. The molecule has 0 saturated heterocycles. The molecular formula is C17H25NO4. The second kappa shape index (κ2) is 9.95. The maximum absolute atomic E-state index is 12.3. The predicted molar refractivity (Wildman–Crippen MR) is 84.5 cm³/mol. The molecule has 0 aliphatic rings. The molecule has 2 atom stereocenters. The molecule has 0 fully saturated rings. The minimum atomic E-state index is -1.01. The van der Waals surface area contributed by atoms with Crippen LogP contribution in [0.5, 0.6) is 0 Å². The van der Waals surface area contributed by atoms with Gasteiger partial charge >= 0.3 is 5.97 Å². The molecule has 0 radical (unpaired) electrons. The zero-order chi connectivity index (χ0) is 16.4. The zero-order valence-corrected chi connectivity index (χ0v) is 13.2. The van der Waals surface area contributed by atoms with Crippen molar-refractivity contribution in [1.29, 1.82) is 0 Å². The lowest BCUT2D eigenvalue weighted by atomic mass is 10.1. The summed E-state index contributed by atoms with van der Waals surface area (Å²) >= 11 is 0. The van der Waals surface area contributed by atoms with E-state index in [2.05, 4.69) is 12.2 Å². The molecule has 22 heavy (non-hydrogen) atoms. The van der Waals surface area contributed by atoms with Gasteiger partial charge in [-0.1, -0.05) is 62.9 Å². The molecule has 2 N–H and O–H groups in total. The number of rotatable bonds is 10. The van der Waals surface area contributed by atoms with Gasteiger partial charge in [-0.05, 0) is 12.0 Å². The highest BCUT2D eigenvalue weighted by Gasteiger charge is 2.25. The molecule has 0 aromatic heterocycles. The number of hydrogen-bond acceptors (Lipinski definition) is 3. The Morgan fingerprint density at radius 2 is 1.86 bits per heavy atom. The van der Waals surface area contributed by atoms with Crippen LogP contribution in [-0.2, 0) is 14.3 Å². The molecular weight excluding hydrogens is 282 g/mol. The summed E-state index contributed by atoms with van der Waals surface area (Å²) < 4.78 is 5.22.